The molecule has 1 aromatic heterocycles. The van der Waals surface area contributed by atoms with E-state index in [0.717, 1.165) is 0 Å². The lowest BCUT2D eigenvalue weighted by molar-refractivity contribution is -0.386. The van der Waals surface area contributed by atoms with Crippen LogP contribution in [0.5, 0.6) is 17.2 Å². The van der Waals surface area contributed by atoms with Gasteiger partial charge in [-0.05, 0) is 20.3 Å². The molecule has 0 bridgehead atoms. The molecule has 0 spiro atoms. The summed E-state index contributed by atoms with van der Waals surface area (Å²) in [6.45, 7) is 3.43. The fourth-order valence-corrected chi connectivity index (χ4v) is 5.73. The molecule has 1 aliphatic rings. The molecule has 0 atom stereocenters. The molecule has 1 fully saturated rings. The van der Waals surface area contributed by atoms with Gasteiger partial charge >= 0.3 is 5.69 Å². The number of aryl methyl sites for hydroxylation is 2. The number of aromatic nitrogens is 1. The first-order valence-electron chi connectivity index (χ1n) is 10.3. The van der Waals surface area contributed by atoms with Crippen LogP contribution in [0.15, 0.2) is 15.5 Å². The number of methoxy groups -OCH3 is 3. The average molecular weight is 499 g/mol. The Morgan fingerprint density at radius 3 is 2.29 bits per heavy atom. The van der Waals surface area contributed by atoms with E-state index in [1.54, 1.807) is 6.92 Å². The van der Waals surface area contributed by atoms with Gasteiger partial charge in [-0.2, -0.15) is 4.31 Å². The van der Waals surface area contributed by atoms with Crippen molar-refractivity contribution in [2.75, 3.05) is 47.5 Å². The normalized spacial score (nSPS) is 15.0. The summed E-state index contributed by atoms with van der Waals surface area (Å²) < 4.78 is 48.2. The molecule has 13 nitrogen and oxygen atoms in total. The lowest BCUT2D eigenvalue weighted by atomic mass is 10.1. The maximum atomic E-state index is 13.4. The van der Waals surface area contributed by atoms with Crippen LogP contribution in [-0.4, -0.2) is 81.1 Å². The van der Waals surface area contributed by atoms with E-state index in [4.69, 9.17) is 18.7 Å². The van der Waals surface area contributed by atoms with E-state index in [0.29, 0.717) is 6.42 Å². The molecule has 0 unspecified atom stereocenters. The zero-order valence-corrected chi connectivity index (χ0v) is 20.3. The summed E-state index contributed by atoms with van der Waals surface area (Å²) in [5.41, 5.74) is -0.557. The zero-order chi connectivity index (χ0) is 25.2. The molecule has 1 amide bonds. The highest BCUT2D eigenvalue weighted by molar-refractivity contribution is 7.89. The lowest BCUT2D eigenvalue weighted by Gasteiger charge is -2.22. The van der Waals surface area contributed by atoms with Gasteiger partial charge in [0.25, 0.3) is 5.91 Å². The van der Waals surface area contributed by atoms with Crippen LogP contribution in [0, 0.1) is 24.0 Å². The quantitative estimate of drug-likeness (QED) is 0.407. The molecule has 0 aliphatic carbocycles. The Morgan fingerprint density at radius 2 is 1.76 bits per heavy atom. The standard InChI is InChI=1S/C20H26N4O9S/c1-12-19(13(2)33-21-12)34(28,29)23-8-6-7-22(9-10-23)20(25)14-11-15(30-3)17(31-4)18(32-5)16(14)24(26)27/h11H,6-10H2,1-5H3. The third-order valence-corrected chi connectivity index (χ3v) is 7.67. The summed E-state index contributed by atoms with van der Waals surface area (Å²) >= 11 is 0. The lowest BCUT2D eigenvalue weighted by Crippen LogP contribution is -2.37. The Kier molecular flexibility index (Phi) is 7.31. The second-order valence-electron chi connectivity index (χ2n) is 7.50. The predicted octanol–water partition coefficient (Wildman–Crippen LogP) is 1.76. The van der Waals surface area contributed by atoms with Gasteiger partial charge in [-0.25, -0.2) is 8.42 Å². The largest absolute Gasteiger partial charge is 0.493 e. The van der Waals surface area contributed by atoms with Crippen molar-refractivity contribution in [1.82, 2.24) is 14.4 Å². The molecule has 1 aliphatic heterocycles. The van der Waals surface area contributed by atoms with Gasteiger partial charge in [0.05, 0.1) is 26.3 Å². The van der Waals surface area contributed by atoms with E-state index in [9.17, 15) is 23.3 Å². The van der Waals surface area contributed by atoms with Gasteiger partial charge < -0.3 is 23.6 Å². The van der Waals surface area contributed by atoms with Crippen LogP contribution in [0.4, 0.5) is 5.69 Å². The van der Waals surface area contributed by atoms with Crippen molar-refractivity contribution in [3.05, 3.63) is 33.2 Å². The van der Waals surface area contributed by atoms with Crippen LogP contribution in [0.3, 0.4) is 0 Å². The molecule has 1 aromatic carbocycles. The number of hydrogen-bond donors (Lipinski definition) is 0. The molecule has 0 saturated carbocycles. The second kappa shape index (κ2) is 9.85. The number of nitrogens with zero attached hydrogens (tertiary/aromatic N) is 4. The maximum absolute atomic E-state index is 13.4. The van der Waals surface area contributed by atoms with Crippen LogP contribution >= 0.6 is 0 Å². The molecule has 2 aromatic rings. The van der Waals surface area contributed by atoms with Crippen molar-refractivity contribution in [1.29, 1.82) is 0 Å². The summed E-state index contributed by atoms with van der Waals surface area (Å²) in [6.07, 6.45) is 0.326. The summed E-state index contributed by atoms with van der Waals surface area (Å²) in [6, 6.07) is 1.23. The number of carbonyl (C=O) groups is 1. The van der Waals surface area contributed by atoms with E-state index < -0.39 is 26.5 Å². The average Bonchev–Trinajstić information content (AvgIpc) is 3.00. The molecule has 186 valence electrons. The Balaban J connectivity index is 1.94. The first kappa shape index (κ1) is 25.2. The smallest absolute Gasteiger partial charge is 0.327 e. The fourth-order valence-electron chi connectivity index (χ4n) is 3.96. The first-order chi connectivity index (χ1) is 16.1. The van der Waals surface area contributed by atoms with Crippen molar-refractivity contribution < 1.29 is 36.9 Å². The van der Waals surface area contributed by atoms with Crippen LogP contribution < -0.4 is 14.2 Å². The number of nitro benzene ring substituents is 1. The molecule has 3 rings (SSSR count). The van der Waals surface area contributed by atoms with Gasteiger partial charge in [-0.3, -0.25) is 14.9 Å². The second-order valence-corrected chi connectivity index (χ2v) is 9.38. The minimum atomic E-state index is -3.89. The van der Waals surface area contributed by atoms with Crippen LogP contribution in [0.2, 0.25) is 0 Å². The van der Waals surface area contributed by atoms with E-state index in [2.05, 4.69) is 5.16 Å². The minimum Gasteiger partial charge on any atom is -0.493 e. The van der Waals surface area contributed by atoms with Crippen LogP contribution in [0.25, 0.3) is 0 Å². The highest BCUT2D eigenvalue weighted by Crippen LogP contribution is 2.46. The molecule has 34 heavy (non-hydrogen) atoms. The number of nitro groups is 1. The van der Waals surface area contributed by atoms with Gasteiger partial charge in [-0.1, -0.05) is 5.16 Å². The molecule has 0 radical (unpaired) electrons. The molecule has 2 heterocycles. The summed E-state index contributed by atoms with van der Waals surface area (Å²) in [5.74, 6) is -0.635. The van der Waals surface area contributed by atoms with E-state index >= 15 is 0 Å². The Labute approximate surface area is 196 Å². The van der Waals surface area contributed by atoms with Gasteiger partial charge in [-0.15, -0.1) is 0 Å². The van der Waals surface area contributed by atoms with Gasteiger partial charge in [0.2, 0.25) is 21.5 Å². The number of carbonyl (C=O) groups excluding carboxylic acids is 1. The van der Waals surface area contributed by atoms with E-state index in [1.807, 2.05) is 0 Å². The predicted molar refractivity (Wildman–Crippen MR) is 118 cm³/mol. The highest BCUT2D eigenvalue weighted by atomic mass is 32.2. The molecule has 0 N–H and O–H groups in total. The van der Waals surface area contributed by atoms with Gasteiger partial charge in [0.15, 0.2) is 11.5 Å². The minimum absolute atomic E-state index is 0.00362. The Bertz CT molecular complexity index is 1190. The monoisotopic (exact) mass is 498 g/mol. The van der Waals surface area contributed by atoms with Crippen molar-refractivity contribution >= 4 is 21.6 Å². The SMILES string of the molecule is COc1cc(C(=O)N2CCCN(S(=O)(=O)c3c(C)noc3C)CC2)c([N+](=O)[O-])c(OC)c1OC. The number of hydrogen-bond acceptors (Lipinski definition) is 10. The van der Waals surface area contributed by atoms with Crippen molar-refractivity contribution in [2.24, 2.45) is 0 Å². The molecule has 1 saturated heterocycles. The third-order valence-electron chi connectivity index (χ3n) is 5.52. The van der Waals surface area contributed by atoms with Crippen molar-refractivity contribution in [3.8, 4) is 17.2 Å². The molecular weight excluding hydrogens is 472 g/mol. The number of ether oxygens (including phenoxy) is 3. The summed E-state index contributed by atoms with van der Waals surface area (Å²) in [4.78, 5) is 25.9. The highest BCUT2D eigenvalue weighted by Gasteiger charge is 2.37. The van der Waals surface area contributed by atoms with Gasteiger partial charge in [0.1, 0.15) is 16.2 Å². The fraction of sp³-hybridized carbons (Fsp3) is 0.500. The Morgan fingerprint density at radius 1 is 1.09 bits per heavy atom. The third kappa shape index (κ3) is 4.37. The summed E-state index contributed by atoms with van der Waals surface area (Å²) in [5, 5.41) is 15.6. The Hall–Kier alpha value is -3.39. The number of amides is 1. The van der Waals surface area contributed by atoms with Crippen molar-refractivity contribution in [2.45, 2.75) is 25.2 Å². The number of rotatable bonds is 7. The maximum Gasteiger partial charge on any atom is 0.327 e. The van der Waals surface area contributed by atoms with Crippen LogP contribution in [-0.2, 0) is 10.0 Å². The topological polar surface area (TPSA) is 155 Å². The zero-order valence-electron chi connectivity index (χ0n) is 19.5. The summed E-state index contributed by atoms with van der Waals surface area (Å²) in [7, 11) is -0.0365. The van der Waals surface area contributed by atoms with E-state index in [-0.39, 0.29) is 65.3 Å². The van der Waals surface area contributed by atoms with Crippen LogP contribution in [0.1, 0.15) is 28.2 Å². The molecular formula is C20H26N4O9S. The number of sulfonamides is 1. The molecule has 14 heteroatoms. The van der Waals surface area contributed by atoms with Gasteiger partial charge in [0, 0.05) is 32.2 Å². The van der Waals surface area contributed by atoms with E-state index in [1.165, 1.54) is 43.5 Å². The first-order valence-corrected chi connectivity index (χ1v) is 11.7. The van der Waals surface area contributed by atoms with Crippen molar-refractivity contribution in [3.63, 3.8) is 0 Å². The number of benzene rings is 1.